The van der Waals surface area contributed by atoms with E-state index in [9.17, 15) is 22.7 Å². The van der Waals surface area contributed by atoms with Crippen molar-refractivity contribution in [3.05, 3.63) is 47.3 Å². The number of nitrogens with zero attached hydrogens (tertiary/aromatic N) is 6. The number of rotatable bonds is 5. The van der Waals surface area contributed by atoms with E-state index in [0.717, 1.165) is 12.1 Å². The van der Waals surface area contributed by atoms with Crippen molar-refractivity contribution in [1.29, 1.82) is 0 Å². The van der Waals surface area contributed by atoms with E-state index in [4.69, 9.17) is 0 Å². The Labute approximate surface area is 195 Å². The molecule has 0 saturated carbocycles. The molecule has 0 fully saturated rings. The van der Waals surface area contributed by atoms with E-state index in [0.29, 0.717) is 11.3 Å². The number of sulfonamides is 1. The molecule has 34 heavy (non-hydrogen) atoms. The Morgan fingerprint density at radius 1 is 1.29 bits per heavy atom. The third-order valence-corrected chi connectivity index (χ3v) is 7.61. The number of nitrogens with one attached hydrogen (secondary N) is 1. The Hall–Kier alpha value is -3.29. The maximum atomic E-state index is 14.8. The zero-order valence-electron chi connectivity index (χ0n) is 19.0. The maximum absolute atomic E-state index is 14.8. The molecule has 0 bridgehead atoms. The number of hydrogen-bond acceptors (Lipinski definition) is 8. The third-order valence-electron chi connectivity index (χ3n) is 5.42. The van der Waals surface area contributed by atoms with Gasteiger partial charge >= 0.3 is 0 Å². The van der Waals surface area contributed by atoms with Gasteiger partial charge in [-0.25, -0.2) is 22.5 Å². The molecule has 4 rings (SSSR count). The molecule has 2 aromatic heterocycles. The van der Waals surface area contributed by atoms with E-state index in [1.54, 1.807) is 39.8 Å². The molecule has 1 aromatic carbocycles. The van der Waals surface area contributed by atoms with Crippen LogP contribution in [0.2, 0.25) is 0 Å². The first kappa shape index (κ1) is 23.9. The third kappa shape index (κ3) is 4.17. The number of anilines is 1. The maximum Gasteiger partial charge on any atom is 0.259 e. The van der Waals surface area contributed by atoms with E-state index in [-0.39, 0.29) is 29.7 Å². The minimum Gasteiger partial charge on any atom is -0.394 e. The summed E-state index contributed by atoms with van der Waals surface area (Å²) in [6.07, 6.45) is 0. The first-order chi connectivity index (χ1) is 15.9. The average molecular weight is 490 g/mol. The molecule has 180 valence electrons. The van der Waals surface area contributed by atoms with Gasteiger partial charge in [0.25, 0.3) is 5.91 Å². The standard InChI is InChI=1S/C21H24FN7O4S/c1-12(11-30)29-19(25-26-27-29)16-6-5-7-18(23-16)24-20(31)14-9-17-13(8-15(14)22)10-28(21(2,3)4)34(17,32)33/h5-9,12,30H,10-11H2,1-4H3,(H,23,24,31)/t12-/m1/s1. The molecule has 1 aliphatic heterocycles. The number of aliphatic hydroxyl groups excluding tert-OH is 1. The van der Waals surface area contributed by atoms with E-state index in [1.807, 2.05) is 0 Å². The van der Waals surface area contributed by atoms with E-state index < -0.39 is 38.9 Å². The van der Waals surface area contributed by atoms with Crippen LogP contribution in [0, 0.1) is 5.82 Å². The summed E-state index contributed by atoms with van der Waals surface area (Å²) < 4.78 is 43.4. The number of amides is 1. The summed E-state index contributed by atoms with van der Waals surface area (Å²) in [7, 11) is -3.88. The highest BCUT2D eigenvalue weighted by Crippen LogP contribution is 2.37. The number of tetrazole rings is 1. The van der Waals surface area contributed by atoms with Crippen LogP contribution < -0.4 is 5.32 Å². The summed E-state index contributed by atoms with van der Waals surface area (Å²) in [5.41, 5.74) is -0.497. The van der Waals surface area contributed by atoms with Crippen LogP contribution in [0.5, 0.6) is 0 Å². The highest BCUT2D eigenvalue weighted by atomic mass is 32.2. The van der Waals surface area contributed by atoms with Gasteiger partial charge in [-0.15, -0.1) is 5.10 Å². The fourth-order valence-electron chi connectivity index (χ4n) is 3.64. The van der Waals surface area contributed by atoms with Crippen molar-refractivity contribution in [2.75, 3.05) is 11.9 Å². The molecule has 13 heteroatoms. The van der Waals surface area contributed by atoms with Gasteiger partial charge in [0.2, 0.25) is 15.8 Å². The predicted octanol–water partition coefficient (Wildman–Crippen LogP) is 1.98. The highest BCUT2D eigenvalue weighted by Gasteiger charge is 2.42. The number of aliphatic hydroxyl groups is 1. The molecule has 3 aromatic rings. The first-order valence-corrected chi connectivity index (χ1v) is 11.9. The number of aromatic nitrogens is 5. The average Bonchev–Trinajstić information content (AvgIpc) is 3.35. The first-order valence-electron chi connectivity index (χ1n) is 10.5. The molecule has 0 aliphatic carbocycles. The van der Waals surface area contributed by atoms with Crippen LogP contribution in [0.1, 0.15) is 49.7 Å². The van der Waals surface area contributed by atoms with Gasteiger partial charge in [-0.05, 0) is 68.0 Å². The van der Waals surface area contributed by atoms with Gasteiger partial charge in [0.05, 0.1) is 23.1 Å². The van der Waals surface area contributed by atoms with Gasteiger partial charge in [0.1, 0.15) is 17.3 Å². The number of carbonyl (C=O) groups is 1. The number of pyridine rings is 1. The molecule has 11 nitrogen and oxygen atoms in total. The fraction of sp³-hybridized carbons (Fsp3) is 0.381. The molecule has 0 saturated heterocycles. The minimum atomic E-state index is -3.88. The Bertz CT molecular complexity index is 1370. The molecule has 1 amide bonds. The second-order valence-corrected chi connectivity index (χ2v) is 10.8. The van der Waals surface area contributed by atoms with Gasteiger partial charge in [-0.2, -0.15) is 4.31 Å². The number of hydrogen-bond donors (Lipinski definition) is 2. The lowest BCUT2D eigenvalue weighted by Crippen LogP contribution is -2.41. The predicted molar refractivity (Wildman–Crippen MR) is 120 cm³/mol. The summed E-state index contributed by atoms with van der Waals surface area (Å²) >= 11 is 0. The van der Waals surface area contributed by atoms with Gasteiger partial charge < -0.3 is 10.4 Å². The molecular formula is C21H24FN7O4S. The van der Waals surface area contributed by atoms with Crippen molar-refractivity contribution in [3.63, 3.8) is 0 Å². The summed E-state index contributed by atoms with van der Waals surface area (Å²) in [5, 5.41) is 23.2. The number of carbonyl (C=O) groups excluding carboxylic acids is 1. The van der Waals surface area contributed by atoms with Gasteiger partial charge in [-0.3, -0.25) is 4.79 Å². The van der Waals surface area contributed by atoms with Crippen LogP contribution in [0.15, 0.2) is 35.2 Å². The van der Waals surface area contributed by atoms with Gasteiger partial charge in [0, 0.05) is 12.1 Å². The Balaban J connectivity index is 1.64. The lowest BCUT2D eigenvalue weighted by atomic mass is 10.1. The molecule has 2 N–H and O–H groups in total. The molecule has 1 atom stereocenters. The van der Waals surface area contributed by atoms with Crippen molar-refractivity contribution in [2.45, 2.75) is 50.7 Å². The van der Waals surface area contributed by atoms with Crippen LogP contribution in [-0.2, 0) is 16.6 Å². The minimum absolute atomic E-state index is 0.0323. The number of fused-ring (bicyclic) bond motifs is 1. The SMILES string of the molecule is C[C@H](CO)n1nnnc1-c1cccc(NC(=O)c2cc3c(cc2F)CN(C(C)(C)C)S3(=O)=O)n1. The molecule has 1 aliphatic rings. The molecule has 3 heterocycles. The zero-order chi connectivity index (χ0) is 24.8. The monoisotopic (exact) mass is 489 g/mol. The Morgan fingerprint density at radius 3 is 2.71 bits per heavy atom. The zero-order valence-corrected chi connectivity index (χ0v) is 19.8. The van der Waals surface area contributed by atoms with Gasteiger partial charge in [-0.1, -0.05) is 6.07 Å². The largest absolute Gasteiger partial charge is 0.394 e. The van der Waals surface area contributed by atoms with Crippen molar-refractivity contribution in [1.82, 2.24) is 29.5 Å². The van der Waals surface area contributed by atoms with E-state index in [1.165, 1.54) is 15.1 Å². The topological polar surface area (TPSA) is 143 Å². The fourth-order valence-corrected chi connectivity index (χ4v) is 5.63. The van der Waals surface area contributed by atoms with Crippen LogP contribution in [0.25, 0.3) is 11.5 Å². The second-order valence-electron chi connectivity index (χ2n) is 8.96. The summed E-state index contributed by atoms with van der Waals surface area (Å²) in [5.74, 6) is -1.32. The van der Waals surface area contributed by atoms with Crippen molar-refractivity contribution in [2.24, 2.45) is 0 Å². The summed E-state index contributed by atoms with van der Waals surface area (Å²) in [6.45, 7) is 6.80. The van der Waals surface area contributed by atoms with Crippen LogP contribution in [0.4, 0.5) is 10.2 Å². The molecule has 0 spiro atoms. The summed E-state index contributed by atoms with van der Waals surface area (Å²) in [4.78, 5) is 17.1. The van der Waals surface area contributed by atoms with Crippen molar-refractivity contribution in [3.8, 4) is 11.5 Å². The number of halogens is 1. The van der Waals surface area contributed by atoms with Gasteiger partial charge in [0.15, 0.2) is 0 Å². The highest BCUT2D eigenvalue weighted by molar-refractivity contribution is 7.89. The quantitative estimate of drug-likeness (QED) is 0.554. The van der Waals surface area contributed by atoms with Crippen LogP contribution in [0.3, 0.4) is 0 Å². The summed E-state index contributed by atoms with van der Waals surface area (Å²) in [6, 6.07) is 6.46. The second kappa shape index (κ2) is 8.49. The molecular weight excluding hydrogens is 465 g/mol. The van der Waals surface area contributed by atoms with E-state index in [2.05, 4.69) is 25.8 Å². The normalized spacial score (nSPS) is 16.3. The van der Waals surface area contributed by atoms with E-state index >= 15 is 0 Å². The molecule has 0 radical (unpaired) electrons. The van der Waals surface area contributed by atoms with Crippen molar-refractivity contribution >= 4 is 21.7 Å². The molecule has 0 unspecified atom stereocenters. The smallest absolute Gasteiger partial charge is 0.259 e. The van der Waals surface area contributed by atoms with Crippen molar-refractivity contribution < 1.29 is 22.7 Å². The lowest BCUT2D eigenvalue weighted by molar-refractivity contribution is 0.102. The van der Waals surface area contributed by atoms with Crippen LogP contribution in [-0.4, -0.2) is 61.1 Å². The number of benzene rings is 1. The Morgan fingerprint density at radius 2 is 2.03 bits per heavy atom. The van der Waals surface area contributed by atoms with Crippen LogP contribution >= 0.6 is 0 Å². The Kier molecular flexibility index (Phi) is 5.96. The lowest BCUT2D eigenvalue weighted by Gasteiger charge is -2.29.